The number of benzene rings is 2. The van der Waals surface area contributed by atoms with Gasteiger partial charge in [-0.15, -0.1) is 0 Å². The van der Waals surface area contributed by atoms with Crippen molar-refractivity contribution in [1.82, 2.24) is 0 Å². The molecule has 1 aliphatic carbocycles. The highest BCUT2D eigenvalue weighted by Crippen LogP contribution is 2.48. The average Bonchev–Trinajstić information content (AvgIpc) is 3.33. The van der Waals surface area contributed by atoms with E-state index in [9.17, 15) is 9.59 Å². The zero-order valence-electron chi connectivity index (χ0n) is 13.2. The molecule has 0 bridgehead atoms. The fraction of sp³-hybridized carbons (Fsp3) is 0.263. The molecule has 24 heavy (non-hydrogen) atoms. The SMILES string of the molecule is NC(=O)c1ccc(CC(=O)N2CC3(CC3)Oc3ccccc32)cc1. The number of nitrogens with zero attached hydrogens (tertiary/aromatic N) is 1. The van der Waals surface area contributed by atoms with Gasteiger partial charge in [0.1, 0.15) is 11.4 Å². The summed E-state index contributed by atoms with van der Waals surface area (Å²) in [6.07, 6.45) is 2.25. The molecule has 1 heterocycles. The van der Waals surface area contributed by atoms with Gasteiger partial charge in [0.2, 0.25) is 11.8 Å². The molecule has 2 aromatic carbocycles. The topological polar surface area (TPSA) is 72.6 Å². The molecular formula is C19H18N2O3. The number of fused-ring (bicyclic) bond motifs is 1. The lowest BCUT2D eigenvalue weighted by molar-refractivity contribution is -0.118. The van der Waals surface area contributed by atoms with Crippen LogP contribution in [-0.2, 0) is 11.2 Å². The van der Waals surface area contributed by atoms with Gasteiger partial charge in [0.25, 0.3) is 0 Å². The quantitative estimate of drug-likeness (QED) is 0.942. The second-order valence-corrected chi connectivity index (χ2v) is 6.47. The highest BCUT2D eigenvalue weighted by molar-refractivity contribution is 5.97. The van der Waals surface area contributed by atoms with Crippen molar-refractivity contribution in [3.05, 3.63) is 59.7 Å². The number of carbonyl (C=O) groups excluding carboxylic acids is 2. The Kier molecular flexibility index (Phi) is 3.30. The van der Waals surface area contributed by atoms with Crippen LogP contribution in [0.15, 0.2) is 48.5 Å². The van der Waals surface area contributed by atoms with Crippen molar-refractivity contribution >= 4 is 17.5 Å². The Morgan fingerprint density at radius 1 is 1.08 bits per heavy atom. The smallest absolute Gasteiger partial charge is 0.248 e. The van der Waals surface area contributed by atoms with Crippen LogP contribution in [0.4, 0.5) is 5.69 Å². The first-order valence-electron chi connectivity index (χ1n) is 8.04. The van der Waals surface area contributed by atoms with E-state index in [2.05, 4.69) is 0 Å². The molecule has 2 amide bonds. The molecule has 1 saturated carbocycles. The molecule has 5 nitrogen and oxygen atoms in total. The van der Waals surface area contributed by atoms with Crippen molar-refractivity contribution in [1.29, 1.82) is 0 Å². The summed E-state index contributed by atoms with van der Waals surface area (Å²) in [5, 5.41) is 0. The molecule has 0 atom stereocenters. The number of ether oxygens (including phenoxy) is 1. The second kappa shape index (κ2) is 5.37. The van der Waals surface area contributed by atoms with Crippen LogP contribution < -0.4 is 15.4 Å². The van der Waals surface area contributed by atoms with Crippen LogP contribution in [-0.4, -0.2) is 24.0 Å². The summed E-state index contributed by atoms with van der Waals surface area (Å²) in [6.45, 7) is 0.599. The molecule has 122 valence electrons. The summed E-state index contributed by atoms with van der Waals surface area (Å²) >= 11 is 0. The molecule has 0 unspecified atom stereocenters. The summed E-state index contributed by atoms with van der Waals surface area (Å²) in [6, 6.07) is 14.5. The fourth-order valence-electron chi connectivity index (χ4n) is 3.08. The monoisotopic (exact) mass is 322 g/mol. The van der Waals surface area contributed by atoms with Crippen molar-refractivity contribution < 1.29 is 14.3 Å². The molecule has 2 aromatic rings. The Labute approximate surface area is 140 Å². The molecule has 5 heteroatoms. The normalized spacial score (nSPS) is 17.1. The van der Waals surface area contributed by atoms with Gasteiger partial charge in [-0.2, -0.15) is 0 Å². The zero-order valence-corrected chi connectivity index (χ0v) is 13.2. The lowest BCUT2D eigenvalue weighted by Crippen LogP contribution is -2.45. The van der Waals surface area contributed by atoms with Gasteiger partial charge >= 0.3 is 0 Å². The van der Waals surface area contributed by atoms with Crippen molar-refractivity contribution in [2.75, 3.05) is 11.4 Å². The van der Waals surface area contributed by atoms with Gasteiger partial charge < -0.3 is 15.4 Å². The first-order chi connectivity index (χ1) is 11.6. The molecule has 0 aromatic heterocycles. The predicted molar refractivity (Wildman–Crippen MR) is 90.1 cm³/mol. The van der Waals surface area contributed by atoms with Crippen LogP contribution >= 0.6 is 0 Å². The highest BCUT2D eigenvalue weighted by Gasteiger charge is 2.51. The van der Waals surface area contributed by atoms with Gasteiger partial charge in [-0.1, -0.05) is 24.3 Å². The van der Waals surface area contributed by atoms with Crippen LogP contribution in [0.3, 0.4) is 0 Å². The molecule has 2 aliphatic rings. The largest absolute Gasteiger partial charge is 0.483 e. The minimum absolute atomic E-state index is 0.0313. The van der Waals surface area contributed by atoms with Crippen molar-refractivity contribution in [3.63, 3.8) is 0 Å². The molecule has 0 radical (unpaired) electrons. The van der Waals surface area contributed by atoms with E-state index in [1.165, 1.54) is 0 Å². The number of anilines is 1. The number of amides is 2. The lowest BCUT2D eigenvalue weighted by Gasteiger charge is -2.35. The maximum Gasteiger partial charge on any atom is 0.248 e. The van der Waals surface area contributed by atoms with Gasteiger partial charge in [-0.05, 0) is 42.7 Å². The third-order valence-electron chi connectivity index (χ3n) is 4.63. The summed E-state index contributed by atoms with van der Waals surface area (Å²) in [5.41, 5.74) is 7.18. The number of hydrogen-bond acceptors (Lipinski definition) is 3. The third kappa shape index (κ3) is 2.62. The standard InChI is InChI=1S/C19H18N2O3/c20-18(23)14-7-5-13(6-8-14)11-17(22)21-12-19(9-10-19)24-16-4-2-1-3-15(16)21/h1-8H,9-12H2,(H2,20,23). The van der Waals surface area contributed by atoms with Gasteiger partial charge in [-0.25, -0.2) is 0 Å². The molecule has 1 spiro atoms. The Bertz CT molecular complexity index is 810. The summed E-state index contributed by atoms with van der Waals surface area (Å²) in [4.78, 5) is 25.8. The summed E-state index contributed by atoms with van der Waals surface area (Å²) in [5.74, 6) is 0.341. The van der Waals surface area contributed by atoms with E-state index in [1.54, 1.807) is 24.3 Å². The van der Waals surface area contributed by atoms with Gasteiger partial charge in [0.15, 0.2) is 0 Å². The number of para-hydroxylation sites is 2. The highest BCUT2D eigenvalue weighted by atomic mass is 16.5. The van der Waals surface area contributed by atoms with Crippen LogP contribution in [0.25, 0.3) is 0 Å². The maximum absolute atomic E-state index is 12.8. The summed E-state index contributed by atoms with van der Waals surface area (Å²) < 4.78 is 6.06. The Balaban J connectivity index is 1.57. The van der Waals surface area contributed by atoms with Crippen molar-refractivity contribution in [2.45, 2.75) is 24.9 Å². The minimum Gasteiger partial charge on any atom is -0.483 e. The molecule has 2 N–H and O–H groups in total. The zero-order chi connectivity index (χ0) is 16.7. The van der Waals surface area contributed by atoms with Crippen LogP contribution in [0.2, 0.25) is 0 Å². The molecule has 1 aliphatic heterocycles. The van der Waals surface area contributed by atoms with Crippen LogP contribution in [0.1, 0.15) is 28.8 Å². The van der Waals surface area contributed by atoms with Gasteiger partial charge in [0, 0.05) is 5.56 Å². The Morgan fingerprint density at radius 3 is 2.46 bits per heavy atom. The van der Waals surface area contributed by atoms with E-state index in [-0.39, 0.29) is 17.9 Å². The lowest BCUT2D eigenvalue weighted by atomic mass is 10.1. The van der Waals surface area contributed by atoms with E-state index in [0.29, 0.717) is 12.1 Å². The predicted octanol–water partition coefficient (Wildman–Crippen LogP) is 2.29. The fourth-order valence-corrected chi connectivity index (χ4v) is 3.08. The number of hydrogen-bond donors (Lipinski definition) is 1. The molecule has 1 fully saturated rings. The van der Waals surface area contributed by atoms with E-state index >= 15 is 0 Å². The van der Waals surface area contributed by atoms with Crippen molar-refractivity contribution in [3.8, 4) is 5.75 Å². The number of rotatable bonds is 3. The number of nitrogens with two attached hydrogens (primary N) is 1. The maximum atomic E-state index is 12.8. The molecular weight excluding hydrogens is 304 g/mol. The van der Waals surface area contributed by atoms with Crippen LogP contribution in [0.5, 0.6) is 5.75 Å². The number of primary amides is 1. The minimum atomic E-state index is -0.467. The van der Waals surface area contributed by atoms with Crippen molar-refractivity contribution in [2.24, 2.45) is 5.73 Å². The Hall–Kier alpha value is -2.82. The van der Waals surface area contributed by atoms with E-state index < -0.39 is 5.91 Å². The first kappa shape index (κ1) is 14.8. The number of carbonyl (C=O) groups is 2. The van der Waals surface area contributed by atoms with Gasteiger partial charge in [-0.3, -0.25) is 9.59 Å². The summed E-state index contributed by atoms with van der Waals surface area (Å²) in [7, 11) is 0. The third-order valence-corrected chi connectivity index (χ3v) is 4.63. The second-order valence-electron chi connectivity index (χ2n) is 6.47. The van der Waals surface area contributed by atoms with Crippen LogP contribution in [0, 0.1) is 0 Å². The molecule has 0 saturated heterocycles. The van der Waals surface area contributed by atoms with E-state index in [1.807, 2.05) is 29.2 Å². The van der Waals surface area contributed by atoms with Gasteiger partial charge in [0.05, 0.1) is 18.7 Å². The molecule has 4 rings (SSSR count). The first-order valence-corrected chi connectivity index (χ1v) is 8.04. The Morgan fingerprint density at radius 2 is 1.79 bits per heavy atom. The van der Waals surface area contributed by atoms with E-state index in [0.717, 1.165) is 29.8 Å². The van der Waals surface area contributed by atoms with E-state index in [4.69, 9.17) is 10.5 Å². The average molecular weight is 322 g/mol.